The summed E-state index contributed by atoms with van der Waals surface area (Å²) in [6.45, 7) is 12.4. The monoisotopic (exact) mass is 346 g/mol. The lowest BCUT2D eigenvalue weighted by molar-refractivity contribution is -0.136. The first kappa shape index (κ1) is 22.1. The minimum absolute atomic E-state index is 0.0518. The van der Waals surface area contributed by atoms with E-state index in [4.69, 9.17) is 16.5 Å². The summed E-state index contributed by atoms with van der Waals surface area (Å²) in [7, 11) is 1.79. The molecule has 0 aliphatic heterocycles. The van der Waals surface area contributed by atoms with Gasteiger partial charge in [0.2, 0.25) is 5.91 Å². The van der Waals surface area contributed by atoms with Crippen molar-refractivity contribution in [2.45, 2.75) is 53.6 Å². The van der Waals surface area contributed by atoms with Gasteiger partial charge in [-0.15, -0.1) is 0 Å². The van der Waals surface area contributed by atoms with E-state index < -0.39 is 6.04 Å². The molecule has 0 aliphatic rings. The summed E-state index contributed by atoms with van der Waals surface area (Å²) < 4.78 is 5.22. The first-order valence-corrected chi connectivity index (χ1v) is 8.25. The minimum Gasteiger partial charge on any atom is -0.370 e. The van der Waals surface area contributed by atoms with E-state index in [9.17, 15) is 9.59 Å². The van der Waals surface area contributed by atoms with Crippen molar-refractivity contribution in [3.8, 4) is 0 Å². The number of ether oxygens (including phenoxy) is 1. The highest BCUT2D eigenvalue weighted by atomic mass is 35.5. The van der Waals surface area contributed by atoms with E-state index in [0.29, 0.717) is 6.61 Å². The molecule has 0 saturated carbocycles. The number of likely N-dealkylation sites (N-methyl/N-ethyl adjacent to an activating group) is 1. The van der Waals surface area contributed by atoms with Crippen molar-refractivity contribution < 1.29 is 14.3 Å². The van der Waals surface area contributed by atoms with E-state index in [1.165, 1.54) is 0 Å². The summed E-state index contributed by atoms with van der Waals surface area (Å²) in [5.74, 6) is 0.185. The molecule has 6 heteroatoms. The van der Waals surface area contributed by atoms with Crippen LogP contribution in [0.3, 0.4) is 0 Å². The third-order valence-electron chi connectivity index (χ3n) is 3.67. The van der Waals surface area contributed by atoms with Crippen LogP contribution < -0.4 is 4.84 Å². The summed E-state index contributed by atoms with van der Waals surface area (Å²) in [5, 5.41) is 0. The third kappa shape index (κ3) is 7.46. The van der Waals surface area contributed by atoms with Crippen molar-refractivity contribution in [3.05, 3.63) is 11.6 Å². The largest absolute Gasteiger partial charge is 0.370 e. The van der Waals surface area contributed by atoms with Gasteiger partial charge in [-0.25, -0.2) is 4.84 Å². The normalized spacial score (nSPS) is 15.4. The van der Waals surface area contributed by atoms with Crippen LogP contribution in [-0.2, 0) is 14.3 Å². The number of amides is 1. The van der Waals surface area contributed by atoms with Crippen LogP contribution >= 0.6 is 11.8 Å². The Morgan fingerprint density at radius 2 is 1.91 bits per heavy atom. The van der Waals surface area contributed by atoms with Crippen molar-refractivity contribution in [2.75, 3.05) is 20.3 Å². The molecule has 0 bridgehead atoms. The van der Waals surface area contributed by atoms with Crippen molar-refractivity contribution in [3.63, 3.8) is 0 Å². The van der Waals surface area contributed by atoms with Crippen molar-refractivity contribution in [2.24, 2.45) is 11.3 Å². The number of nitrogens with zero attached hydrogens (tertiary/aromatic N) is 1. The Hall–Kier alpha value is -0.910. The minimum atomic E-state index is -0.476. The zero-order valence-corrected chi connectivity index (χ0v) is 16.1. The number of hydrogen-bond donors (Lipinski definition) is 1. The second kappa shape index (κ2) is 10.1. The molecule has 134 valence electrons. The number of rotatable bonds is 9. The zero-order valence-electron chi connectivity index (χ0n) is 15.4. The van der Waals surface area contributed by atoms with Gasteiger partial charge >= 0.3 is 0 Å². The molecule has 2 atom stereocenters. The molecule has 23 heavy (non-hydrogen) atoms. The summed E-state index contributed by atoms with van der Waals surface area (Å²) in [6.07, 6.45) is 2.74. The van der Waals surface area contributed by atoms with Crippen LogP contribution in [0, 0.1) is 11.3 Å². The molecular weight excluding hydrogens is 316 g/mol. The summed E-state index contributed by atoms with van der Waals surface area (Å²) in [6, 6.07) is -0.548. The highest BCUT2D eigenvalue weighted by molar-refractivity contribution is 6.15. The average molecular weight is 347 g/mol. The molecule has 1 amide bonds. The van der Waals surface area contributed by atoms with Gasteiger partial charge in [-0.1, -0.05) is 40.7 Å². The Bertz CT molecular complexity index is 417. The lowest BCUT2D eigenvalue weighted by atomic mass is 9.86. The van der Waals surface area contributed by atoms with Crippen LogP contribution in [0.15, 0.2) is 11.6 Å². The Morgan fingerprint density at radius 1 is 1.35 bits per heavy atom. The first-order chi connectivity index (χ1) is 10.6. The number of carbonyl (C=O) groups is 2. The van der Waals surface area contributed by atoms with Gasteiger partial charge in [0, 0.05) is 7.05 Å². The lowest BCUT2D eigenvalue weighted by Gasteiger charge is -2.36. The van der Waals surface area contributed by atoms with E-state index in [1.54, 1.807) is 11.9 Å². The second-order valence-electron chi connectivity index (χ2n) is 7.29. The predicted molar refractivity (Wildman–Crippen MR) is 94.3 cm³/mol. The van der Waals surface area contributed by atoms with Crippen LogP contribution in [0.25, 0.3) is 0 Å². The Labute approximate surface area is 145 Å². The fourth-order valence-corrected chi connectivity index (χ4v) is 2.71. The molecule has 0 fully saturated rings. The van der Waals surface area contributed by atoms with E-state index in [1.807, 2.05) is 33.8 Å². The van der Waals surface area contributed by atoms with Gasteiger partial charge in [-0.2, -0.15) is 0 Å². The molecule has 0 aromatic carbocycles. The maximum absolute atomic E-state index is 12.8. The van der Waals surface area contributed by atoms with E-state index in [-0.39, 0.29) is 29.9 Å². The molecule has 5 nitrogen and oxygen atoms in total. The standard InChI is InChI=1S/C17H31ClN2O3/c1-12(2)14(10-13(3)11-23-9-8-21)20(7)16(22)15(19-18)17(4,5)6/h8,10,12,14-15,19H,9,11H2,1-7H3/b13-10+. The number of nitrogens with one attached hydrogen (secondary N) is 1. The van der Waals surface area contributed by atoms with Crippen LogP contribution in [0.5, 0.6) is 0 Å². The van der Waals surface area contributed by atoms with Gasteiger partial charge in [0.05, 0.1) is 12.6 Å². The quantitative estimate of drug-likeness (QED) is 0.302. The molecular formula is C17H31ClN2O3. The number of halogens is 1. The van der Waals surface area contributed by atoms with E-state index in [0.717, 1.165) is 11.9 Å². The summed E-state index contributed by atoms with van der Waals surface area (Å²) in [4.78, 5) is 27.4. The van der Waals surface area contributed by atoms with Gasteiger partial charge < -0.3 is 14.4 Å². The van der Waals surface area contributed by atoms with Crippen molar-refractivity contribution in [1.82, 2.24) is 9.74 Å². The Kier molecular flexibility index (Phi) is 9.66. The maximum atomic E-state index is 12.8. The smallest absolute Gasteiger partial charge is 0.241 e. The molecule has 0 radical (unpaired) electrons. The van der Waals surface area contributed by atoms with Crippen molar-refractivity contribution >= 4 is 24.0 Å². The predicted octanol–water partition coefficient (Wildman–Crippen LogP) is 2.79. The molecule has 0 aliphatic carbocycles. The summed E-state index contributed by atoms with van der Waals surface area (Å²) >= 11 is 5.80. The van der Waals surface area contributed by atoms with Gasteiger partial charge in [-0.3, -0.25) is 4.79 Å². The lowest BCUT2D eigenvalue weighted by Crippen LogP contribution is -2.52. The molecule has 0 rings (SSSR count). The van der Waals surface area contributed by atoms with Gasteiger partial charge in [0.15, 0.2) is 0 Å². The van der Waals surface area contributed by atoms with Gasteiger partial charge in [0.1, 0.15) is 18.9 Å². The molecule has 2 unspecified atom stereocenters. The molecule has 0 spiro atoms. The van der Waals surface area contributed by atoms with Gasteiger partial charge in [0.25, 0.3) is 0 Å². The fourth-order valence-electron chi connectivity index (χ4n) is 2.29. The van der Waals surface area contributed by atoms with Crippen LogP contribution in [-0.4, -0.2) is 49.4 Å². The Balaban J connectivity index is 5.18. The number of carbonyl (C=O) groups excluding carboxylic acids is 2. The molecule has 1 N–H and O–H groups in total. The maximum Gasteiger partial charge on any atom is 0.241 e. The molecule has 0 saturated heterocycles. The van der Waals surface area contributed by atoms with E-state index >= 15 is 0 Å². The number of hydrogen-bond acceptors (Lipinski definition) is 4. The summed E-state index contributed by atoms with van der Waals surface area (Å²) in [5.41, 5.74) is 0.692. The van der Waals surface area contributed by atoms with Crippen LogP contribution in [0.1, 0.15) is 41.5 Å². The van der Waals surface area contributed by atoms with Gasteiger partial charge in [-0.05, 0) is 35.6 Å². The SMILES string of the molecule is C/C(=C\C(C(C)C)N(C)C(=O)C(NCl)C(C)(C)C)COCC=O. The van der Waals surface area contributed by atoms with Crippen LogP contribution in [0.2, 0.25) is 0 Å². The number of aldehydes is 1. The average Bonchev–Trinajstić information content (AvgIpc) is 2.43. The first-order valence-electron chi connectivity index (χ1n) is 7.87. The molecule has 0 aromatic heterocycles. The second-order valence-corrected chi connectivity index (χ2v) is 7.50. The highest BCUT2D eigenvalue weighted by Gasteiger charge is 2.35. The highest BCUT2D eigenvalue weighted by Crippen LogP contribution is 2.23. The molecule has 0 aromatic rings. The third-order valence-corrected chi connectivity index (χ3v) is 3.89. The van der Waals surface area contributed by atoms with Crippen LogP contribution in [0.4, 0.5) is 0 Å². The molecule has 0 heterocycles. The topological polar surface area (TPSA) is 58.6 Å². The fraction of sp³-hybridized carbons (Fsp3) is 0.765. The van der Waals surface area contributed by atoms with E-state index in [2.05, 4.69) is 18.7 Å². The zero-order chi connectivity index (χ0) is 18.2. The Morgan fingerprint density at radius 3 is 2.30 bits per heavy atom. The van der Waals surface area contributed by atoms with Crippen molar-refractivity contribution in [1.29, 1.82) is 0 Å².